The Hall–Kier alpha value is -2.08. The summed E-state index contributed by atoms with van der Waals surface area (Å²) in [5.41, 5.74) is 3.40. The molecule has 0 aliphatic carbocycles. The first-order chi connectivity index (χ1) is 9.70. The second-order valence-corrected chi connectivity index (χ2v) is 5.12. The number of hydrazone groups is 1. The molecule has 0 spiro atoms. The lowest BCUT2D eigenvalue weighted by molar-refractivity contribution is -0.124. The Morgan fingerprint density at radius 2 is 2.20 bits per heavy atom. The van der Waals surface area contributed by atoms with E-state index in [4.69, 9.17) is 0 Å². The summed E-state index contributed by atoms with van der Waals surface area (Å²) in [6.07, 6.45) is 1.89. The van der Waals surface area contributed by atoms with Gasteiger partial charge in [-0.3, -0.25) is 14.5 Å². The third kappa shape index (κ3) is 3.71. The number of hydrogen-bond acceptors (Lipinski definition) is 4. The van der Waals surface area contributed by atoms with Crippen LogP contribution in [0.2, 0.25) is 0 Å². The van der Waals surface area contributed by atoms with Gasteiger partial charge < -0.3 is 0 Å². The number of amidine groups is 1. The first-order valence-electron chi connectivity index (χ1n) is 6.15. The summed E-state index contributed by atoms with van der Waals surface area (Å²) in [5, 5.41) is 4.52. The summed E-state index contributed by atoms with van der Waals surface area (Å²) in [7, 11) is 0. The lowest BCUT2D eigenvalue weighted by Crippen LogP contribution is -2.32. The van der Waals surface area contributed by atoms with Crippen molar-refractivity contribution in [1.82, 2.24) is 10.3 Å². The van der Waals surface area contributed by atoms with E-state index in [1.54, 1.807) is 6.08 Å². The summed E-state index contributed by atoms with van der Waals surface area (Å²) in [5.74, 6) is 0.120. The normalized spacial score (nSPS) is 16.5. The van der Waals surface area contributed by atoms with E-state index in [1.807, 2.05) is 30.3 Å². The molecule has 1 aromatic rings. The van der Waals surface area contributed by atoms with Gasteiger partial charge in [-0.2, -0.15) is 0 Å². The highest BCUT2D eigenvalue weighted by molar-refractivity contribution is 8.15. The van der Waals surface area contributed by atoms with E-state index in [2.05, 4.69) is 17.1 Å². The molecule has 104 valence electrons. The molecule has 0 unspecified atom stereocenters. The molecule has 1 heterocycles. The number of rotatable bonds is 5. The number of carbonyl (C=O) groups is 2. The van der Waals surface area contributed by atoms with Crippen molar-refractivity contribution in [3.63, 3.8) is 0 Å². The van der Waals surface area contributed by atoms with Gasteiger partial charge in [0.2, 0.25) is 11.8 Å². The standard InChI is InChI=1S/C14H15N3O2S/c1-2-8-17-13(19)10-20-14(17)16-15-12(18)9-11-6-4-3-5-7-11/h2-7H,1,8-10H2,(H,15,18)/b16-14+. The van der Waals surface area contributed by atoms with Crippen LogP contribution in [0.1, 0.15) is 5.56 Å². The van der Waals surface area contributed by atoms with E-state index >= 15 is 0 Å². The predicted molar refractivity (Wildman–Crippen MR) is 80.1 cm³/mol. The van der Waals surface area contributed by atoms with E-state index in [0.717, 1.165) is 5.56 Å². The lowest BCUT2D eigenvalue weighted by Gasteiger charge is -2.12. The SMILES string of the molecule is C=CCN1C(=O)CS/C1=N/NC(=O)Cc1ccccc1. The Morgan fingerprint density at radius 3 is 2.90 bits per heavy atom. The molecular formula is C14H15N3O2S. The fourth-order valence-electron chi connectivity index (χ4n) is 1.72. The van der Waals surface area contributed by atoms with Crippen LogP contribution in [0.5, 0.6) is 0 Å². The minimum absolute atomic E-state index is 0.0223. The van der Waals surface area contributed by atoms with Crippen LogP contribution in [0.25, 0.3) is 0 Å². The lowest BCUT2D eigenvalue weighted by atomic mass is 10.1. The van der Waals surface area contributed by atoms with Gasteiger partial charge in [0.25, 0.3) is 0 Å². The van der Waals surface area contributed by atoms with Crippen LogP contribution in [0.3, 0.4) is 0 Å². The second-order valence-electron chi connectivity index (χ2n) is 4.17. The molecule has 0 radical (unpaired) electrons. The molecule has 1 N–H and O–H groups in total. The molecule has 1 saturated heterocycles. The van der Waals surface area contributed by atoms with Gasteiger partial charge in [-0.05, 0) is 5.56 Å². The van der Waals surface area contributed by atoms with Crippen LogP contribution in [0.4, 0.5) is 0 Å². The van der Waals surface area contributed by atoms with E-state index < -0.39 is 0 Å². The van der Waals surface area contributed by atoms with E-state index in [0.29, 0.717) is 17.5 Å². The van der Waals surface area contributed by atoms with Crippen LogP contribution < -0.4 is 5.43 Å². The zero-order valence-corrected chi connectivity index (χ0v) is 11.7. The molecule has 5 nitrogen and oxygen atoms in total. The molecular weight excluding hydrogens is 274 g/mol. The van der Waals surface area contributed by atoms with Gasteiger partial charge in [-0.25, -0.2) is 5.43 Å². The number of amides is 2. The van der Waals surface area contributed by atoms with Crippen molar-refractivity contribution in [2.24, 2.45) is 5.10 Å². The van der Waals surface area contributed by atoms with Gasteiger partial charge in [0.15, 0.2) is 5.17 Å². The maximum atomic E-state index is 11.8. The van der Waals surface area contributed by atoms with Crippen LogP contribution in [-0.2, 0) is 16.0 Å². The maximum absolute atomic E-state index is 11.8. The molecule has 1 aliphatic heterocycles. The van der Waals surface area contributed by atoms with Gasteiger partial charge >= 0.3 is 0 Å². The zero-order valence-electron chi connectivity index (χ0n) is 10.9. The minimum Gasteiger partial charge on any atom is -0.285 e. The first-order valence-corrected chi connectivity index (χ1v) is 7.14. The summed E-state index contributed by atoms with van der Waals surface area (Å²) in [4.78, 5) is 24.8. The number of hydrogen-bond donors (Lipinski definition) is 1. The third-order valence-corrected chi connectivity index (χ3v) is 3.61. The van der Waals surface area contributed by atoms with Crippen molar-refractivity contribution in [2.45, 2.75) is 6.42 Å². The fraction of sp³-hybridized carbons (Fsp3) is 0.214. The van der Waals surface area contributed by atoms with Crippen molar-refractivity contribution < 1.29 is 9.59 Å². The Morgan fingerprint density at radius 1 is 1.45 bits per heavy atom. The molecule has 2 amide bonds. The van der Waals surface area contributed by atoms with Crippen LogP contribution in [-0.4, -0.2) is 34.2 Å². The smallest absolute Gasteiger partial charge is 0.244 e. The summed E-state index contributed by atoms with van der Waals surface area (Å²) in [6.45, 7) is 4.00. The Balaban J connectivity index is 1.93. The maximum Gasteiger partial charge on any atom is 0.244 e. The number of nitrogens with zero attached hydrogens (tertiary/aromatic N) is 2. The van der Waals surface area contributed by atoms with E-state index in [9.17, 15) is 9.59 Å². The van der Waals surface area contributed by atoms with E-state index in [-0.39, 0.29) is 18.2 Å². The molecule has 1 aromatic carbocycles. The summed E-state index contributed by atoms with van der Waals surface area (Å²) < 4.78 is 0. The van der Waals surface area contributed by atoms with Crippen molar-refractivity contribution in [2.75, 3.05) is 12.3 Å². The quantitative estimate of drug-likeness (QED) is 0.658. The first kappa shape index (κ1) is 14.3. The molecule has 0 saturated carbocycles. The van der Waals surface area contributed by atoms with Gasteiger partial charge in [-0.1, -0.05) is 48.2 Å². The number of nitrogens with one attached hydrogen (secondary N) is 1. The number of carbonyl (C=O) groups excluding carboxylic acids is 2. The Kier molecular flexibility index (Phi) is 4.95. The van der Waals surface area contributed by atoms with Crippen molar-refractivity contribution >= 4 is 28.7 Å². The zero-order chi connectivity index (χ0) is 14.4. The average molecular weight is 289 g/mol. The van der Waals surface area contributed by atoms with Gasteiger partial charge in [0, 0.05) is 6.54 Å². The largest absolute Gasteiger partial charge is 0.285 e. The minimum atomic E-state index is -0.206. The molecule has 20 heavy (non-hydrogen) atoms. The van der Waals surface area contributed by atoms with Gasteiger partial charge in [-0.15, -0.1) is 11.7 Å². The Labute approximate surface area is 121 Å². The molecule has 1 aliphatic rings. The van der Waals surface area contributed by atoms with Crippen LogP contribution in [0.15, 0.2) is 48.1 Å². The summed E-state index contributed by atoms with van der Waals surface area (Å²) in [6, 6.07) is 9.42. The predicted octanol–water partition coefficient (Wildman–Crippen LogP) is 1.38. The topological polar surface area (TPSA) is 61.8 Å². The number of thioether (sulfide) groups is 1. The number of benzene rings is 1. The molecule has 6 heteroatoms. The van der Waals surface area contributed by atoms with Gasteiger partial charge in [0.1, 0.15) is 0 Å². The van der Waals surface area contributed by atoms with E-state index in [1.165, 1.54) is 16.7 Å². The molecule has 2 rings (SSSR count). The highest BCUT2D eigenvalue weighted by Gasteiger charge is 2.27. The molecule has 1 fully saturated rings. The third-order valence-electron chi connectivity index (χ3n) is 2.65. The average Bonchev–Trinajstić information content (AvgIpc) is 2.79. The Bertz CT molecular complexity index is 543. The second kappa shape index (κ2) is 6.91. The monoisotopic (exact) mass is 289 g/mol. The van der Waals surface area contributed by atoms with Crippen LogP contribution >= 0.6 is 11.8 Å². The van der Waals surface area contributed by atoms with Crippen molar-refractivity contribution in [3.05, 3.63) is 48.6 Å². The molecule has 0 bridgehead atoms. The fourth-order valence-corrected chi connectivity index (χ4v) is 2.57. The molecule has 0 atom stereocenters. The van der Waals surface area contributed by atoms with Crippen molar-refractivity contribution in [1.29, 1.82) is 0 Å². The van der Waals surface area contributed by atoms with Gasteiger partial charge in [0.05, 0.1) is 12.2 Å². The highest BCUT2D eigenvalue weighted by atomic mass is 32.2. The summed E-state index contributed by atoms with van der Waals surface area (Å²) >= 11 is 1.31. The highest BCUT2D eigenvalue weighted by Crippen LogP contribution is 2.18. The van der Waals surface area contributed by atoms with Crippen LogP contribution in [0, 0.1) is 0 Å². The van der Waals surface area contributed by atoms with Crippen molar-refractivity contribution in [3.8, 4) is 0 Å². The molecule has 0 aromatic heterocycles.